The average molecular weight is 363 g/mol. The highest BCUT2D eigenvalue weighted by atomic mass is 32.2. The van der Waals surface area contributed by atoms with Crippen LogP contribution in [-0.2, 0) is 10.0 Å². The summed E-state index contributed by atoms with van der Waals surface area (Å²) in [6.45, 7) is 2.99. The van der Waals surface area contributed by atoms with E-state index in [4.69, 9.17) is 0 Å². The van der Waals surface area contributed by atoms with Crippen LogP contribution < -0.4 is 10.0 Å². The Bertz CT molecular complexity index is 954. The molecule has 1 amide bonds. The maximum absolute atomic E-state index is 12.7. The first-order valence-corrected chi connectivity index (χ1v) is 8.76. The summed E-state index contributed by atoms with van der Waals surface area (Å²) in [7, 11) is -2.58. The predicted octanol–water partition coefficient (Wildman–Crippen LogP) is 2.37. The zero-order valence-corrected chi connectivity index (χ0v) is 14.7. The quantitative estimate of drug-likeness (QED) is 0.624. The van der Waals surface area contributed by atoms with Gasteiger partial charge < -0.3 is 5.32 Å². The summed E-state index contributed by atoms with van der Waals surface area (Å²) < 4.78 is 27.7. The van der Waals surface area contributed by atoms with Crippen molar-refractivity contribution in [2.75, 3.05) is 11.8 Å². The largest absolute Gasteiger partial charge is 0.355 e. The van der Waals surface area contributed by atoms with E-state index in [2.05, 4.69) is 10.0 Å². The molecule has 0 aliphatic heterocycles. The number of rotatable bonds is 5. The minimum Gasteiger partial charge on any atom is -0.355 e. The van der Waals surface area contributed by atoms with Crippen molar-refractivity contribution in [3.05, 3.63) is 63.2 Å². The summed E-state index contributed by atoms with van der Waals surface area (Å²) in [6.07, 6.45) is 0. The SMILES string of the molecule is CNC(=O)c1cccc(NS(=O)(=O)c2cccc([N+](=O)[O-])c2C)c1C. The summed E-state index contributed by atoms with van der Waals surface area (Å²) in [5.41, 5.74) is 0.776. The first-order chi connectivity index (χ1) is 11.7. The van der Waals surface area contributed by atoms with E-state index >= 15 is 0 Å². The minimum absolute atomic E-state index is 0.0418. The van der Waals surface area contributed by atoms with Crippen molar-refractivity contribution < 1.29 is 18.1 Å². The standard InChI is InChI=1S/C16H17N3O5S/c1-10-12(16(20)17-3)6-4-7-13(10)18-25(23,24)15-9-5-8-14(11(15)2)19(21)22/h4-9,18H,1-3H3,(H,17,20). The Labute approximate surface area is 145 Å². The molecule has 0 bridgehead atoms. The van der Waals surface area contributed by atoms with Crippen molar-refractivity contribution in [2.45, 2.75) is 18.7 Å². The van der Waals surface area contributed by atoms with Gasteiger partial charge in [0.1, 0.15) is 0 Å². The second-order valence-corrected chi connectivity index (χ2v) is 6.97. The molecular weight excluding hydrogens is 346 g/mol. The van der Waals surface area contributed by atoms with E-state index in [0.717, 1.165) is 0 Å². The zero-order valence-electron chi connectivity index (χ0n) is 13.9. The molecule has 9 heteroatoms. The monoisotopic (exact) mass is 363 g/mol. The predicted molar refractivity (Wildman–Crippen MR) is 93.2 cm³/mol. The lowest BCUT2D eigenvalue weighted by atomic mass is 10.1. The number of nitrogens with zero attached hydrogens (tertiary/aromatic N) is 1. The number of amides is 1. The Balaban J connectivity index is 2.49. The molecule has 2 N–H and O–H groups in total. The van der Waals surface area contributed by atoms with Gasteiger partial charge >= 0.3 is 0 Å². The maximum Gasteiger partial charge on any atom is 0.273 e. The number of hydrogen-bond acceptors (Lipinski definition) is 5. The molecule has 0 spiro atoms. The number of nitro benzene ring substituents is 1. The van der Waals surface area contributed by atoms with Crippen LogP contribution in [0, 0.1) is 24.0 Å². The Hall–Kier alpha value is -2.94. The molecular formula is C16H17N3O5S. The Morgan fingerprint density at radius 1 is 1.08 bits per heavy atom. The van der Waals surface area contributed by atoms with Crippen LogP contribution in [0.2, 0.25) is 0 Å². The summed E-state index contributed by atoms with van der Waals surface area (Å²) in [4.78, 5) is 22.0. The highest BCUT2D eigenvalue weighted by Crippen LogP contribution is 2.28. The fourth-order valence-corrected chi connectivity index (χ4v) is 3.80. The van der Waals surface area contributed by atoms with Gasteiger partial charge in [0.25, 0.3) is 21.6 Å². The van der Waals surface area contributed by atoms with Crippen molar-refractivity contribution >= 4 is 27.3 Å². The van der Waals surface area contributed by atoms with Crippen LogP contribution in [0.5, 0.6) is 0 Å². The molecule has 0 saturated carbocycles. The van der Waals surface area contributed by atoms with Crippen LogP contribution >= 0.6 is 0 Å². The molecule has 2 aromatic carbocycles. The fraction of sp³-hybridized carbons (Fsp3) is 0.188. The molecule has 0 fully saturated rings. The van der Waals surface area contributed by atoms with Crippen LogP contribution in [0.15, 0.2) is 41.3 Å². The maximum atomic E-state index is 12.7. The number of carbonyl (C=O) groups is 1. The van der Waals surface area contributed by atoms with Gasteiger partial charge in [0.2, 0.25) is 0 Å². The van der Waals surface area contributed by atoms with Gasteiger partial charge in [-0.1, -0.05) is 12.1 Å². The Kier molecular flexibility index (Phi) is 5.07. The van der Waals surface area contributed by atoms with E-state index in [9.17, 15) is 23.3 Å². The number of sulfonamides is 1. The third-order valence-electron chi connectivity index (χ3n) is 3.79. The van der Waals surface area contributed by atoms with Gasteiger partial charge in [-0.05, 0) is 37.6 Å². The number of nitro groups is 1. The van der Waals surface area contributed by atoms with Crippen molar-refractivity contribution in [3.63, 3.8) is 0 Å². The van der Waals surface area contributed by atoms with Crippen LogP contribution in [0.1, 0.15) is 21.5 Å². The molecule has 0 unspecified atom stereocenters. The molecule has 0 radical (unpaired) electrons. The molecule has 0 aliphatic carbocycles. The molecule has 8 nitrogen and oxygen atoms in total. The van der Waals surface area contributed by atoms with Crippen LogP contribution in [0.4, 0.5) is 11.4 Å². The summed E-state index contributed by atoms with van der Waals surface area (Å²) in [5.74, 6) is -0.343. The topological polar surface area (TPSA) is 118 Å². The zero-order chi connectivity index (χ0) is 18.8. The van der Waals surface area contributed by atoms with Crippen molar-refractivity contribution in [1.82, 2.24) is 5.32 Å². The van der Waals surface area contributed by atoms with E-state index in [1.165, 1.54) is 38.2 Å². The second-order valence-electron chi connectivity index (χ2n) is 5.32. The molecule has 0 saturated heterocycles. The second kappa shape index (κ2) is 6.89. The molecule has 0 aromatic heterocycles. The van der Waals surface area contributed by atoms with Crippen LogP contribution in [-0.4, -0.2) is 26.3 Å². The lowest BCUT2D eigenvalue weighted by Gasteiger charge is -2.14. The summed E-state index contributed by atoms with van der Waals surface area (Å²) >= 11 is 0. The first-order valence-electron chi connectivity index (χ1n) is 7.27. The molecule has 0 aliphatic rings. The lowest BCUT2D eigenvalue weighted by Crippen LogP contribution is -2.20. The first kappa shape index (κ1) is 18.4. The van der Waals surface area contributed by atoms with Crippen molar-refractivity contribution in [1.29, 1.82) is 0 Å². The lowest BCUT2D eigenvalue weighted by molar-refractivity contribution is -0.385. The van der Waals surface area contributed by atoms with Crippen molar-refractivity contribution in [3.8, 4) is 0 Å². The summed E-state index contributed by atoms with van der Waals surface area (Å²) in [6, 6.07) is 8.49. The van der Waals surface area contributed by atoms with Crippen molar-refractivity contribution in [2.24, 2.45) is 0 Å². The van der Waals surface area contributed by atoms with Gasteiger partial charge in [0.15, 0.2) is 0 Å². The molecule has 132 valence electrons. The van der Waals surface area contributed by atoms with Gasteiger partial charge in [-0.2, -0.15) is 0 Å². The van der Waals surface area contributed by atoms with Gasteiger partial charge in [-0.15, -0.1) is 0 Å². The minimum atomic E-state index is -4.06. The van der Waals surface area contributed by atoms with E-state index in [0.29, 0.717) is 11.1 Å². The van der Waals surface area contributed by atoms with Gasteiger partial charge in [-0.3, -0.25) is 19.6 Å². The average Bonchev–Trinajstić information content (AvgIpc) is 2.55. The number of benzene rings is 2. The Morgan fingerprint density at radius 2 is 1.72 bits per heavy atom. The molecule has 2 rings (SSSR count). The van der Waals surface area contributed by atoms with E-state index in [-0.39, 0.29) is 27.7 Å². The van der Waals surface area contributed by atoms with E-state index in [1.807, 2.05) is 0 Å². The smallest absolute Gasteiger partial charge is 0.273 e. The number of nitrogens with one attached hydrogen (secondary N) is 2. The van der Waals surface area contributed by atoms with Gasteiger partial charge in [-0.25, -0.2) is 8.42 Å². The third-order valence-corrected chi connectivity index (χ3v) is 5.30. The fourth-order valence-electron chi connectivity index (χ4n) is 2.42. The number of carbonyl (C=O) groups excluding carboxylic acids is 1. The number of anilines is 1. The van der Waals surface area contributed by atoms with Gasteiger partial charge in [0, 0.05) is 24.2 Å². The van der Waals surface area contributed by atoms with Crippen LogP contribution in [0.3, 0.4) is 0 Å². The summed E-state index contributed by atoms with van der Waals surface area (Å²) in [5, 5.41) is 13.5. The molecule has 2 aromatic rings. The molecule has 0 atom stereocenters. The van der Waals surface area contributed by atoms with E-state index < -0.39 is 14.9 Å². The van der Waals surface area contributed by atoms with Gasteiger partial charge in [0.05, 0.1) is 15.5 Å². The Morgan fingerprint density at radius 3 is 2.32 bits per heavy atom. The molecule has 0 heterocycles. The normalized spacial score (nSPS) is 11.0. The van der Waals surface area contributed by atoms with Crippen LogP contribution in [0.25, 0.3) is 0 Å². The highest BCUT2D eigenvalue weighted by Gasteiger charge is 2.24. The third kappa shape index (κ3) is 3.61. The molecule has 25 heavy (non-hydrogen) atoms. The number of hydrogen-bond donors (Lipinski definition) is 2. The van der Waals surface area contributed by atoms with E-state index in [1.54, 1.807) is 19.1 Å². The highest BCUT2D eigenvalue weighted by molar-refractivity contribution is 7.92.